The lowest BCUT2D eigenvalue weighted by Gasteiger charge is -2.18. The van der Waals surface area contributed by atoms with E-state index in [1.54, 1.807) is 0 Å². The summed E-state index contributed by atoms with van der Waals surface area (Å²) >= 11 is 0. The number of hydrogen-bond acceptors (Lipinski definition) is 2. The van der Waals surface area contributed by atoms with E-state index in [1.165, 1.54) is 5.57 Å². The third kappa shape index (κ3) is 2.99. The molecule has 0 unspecified atom stereocenters. The van der Waals surface area contributed by atoms with Gasteiger partial charge in [-0.25, -0.2) is 0 Å². The molecule has 1 heterocycles. The van der Waals surface area contributed by atoms with Gasteiger partial charge in [-0.05, 0) is 38.5 Å². The molecule has 2 heteroatoms. The monoisotopic (exact) mass is 236 g/mol. The first-order valence-electron chi connectivity index (χ1n) is 6.52. The van der Waals surface area contributed by atoms with Gasteiger partial charge in [-0.3, -0.25) is 0 Å². The number of allylic oxidation sites excluding steroid dienone is 2. The quantitative estimate of drug-likeness (QED) is 0.517. The maximum atomic E-state index is 10.1. The Morgan fingerprint density at radius 1 is 1.29 bits per heavy atom. The molecule has 1 saturated heterocycles. The molecule has 0 amide bonds. The highest BCUT2D eigenvalue weighted by atomic mass is 16.6. The van der Waals surface area contributed by atoms with Crippen molar-refractivity contribution in [1.82, 2.24) is 0 Å². The molecule has 0 radical (unpaired) electrons. The molecule has 0 saturated carbocycles. The van der Waals surface area contributed by atoms with E-state index >= 15 is 0 Å². The first kappa shape index (κ1) is 12.8. The number of rotatable bonds is 0. The summed E-state index contributed by atoms with van der Waals surface area (Å²) in [4.78, 5) is 0. The average Bonchev–Trinajstić information content (AvgIpc) is 2.87. The molecule has 3 atom stereocenters. The highest BCUT2D eigenvalue weighted by molar-refractivity contribution is 5.14. The smallest absolute Gasteiger partial charge is 0.113 e. The van der Waals surface area contributed by atoms with Gasteiger partial charge in [-0.1, -0.05) is 37.6 Å². The van der Waals surface area contributed by atoms with Crippen molar-refractivity contribution in [2.75, 3.05) is 0 Å². The van der Waals surface area contributed by atoms with Gasteiger partial charge in [-0.15, -0.1) is 0 Å². The van der Waals surface area contributed by atoms with Crippen molar-refractivity contribution in [3.8, 4) is 0 Å². The van der Waals surface area contributed by atoms with E-state index in [0.717, 1.165) is 19.3 Å². The Balaban J connectivity index is 2.17. The fourth-order valence-corrected chi connectivity index (χ4v) is 2.54. The summed E-state index contributed by atoms with van der Waals surface area (Å²) in [7, 11) is 0. The number of aliphatic hydroxyl groups is 1. The minimum Gasteiger partial charge on any atom is -0.390 e. The van der Waals surface area contributed by atoms with Gasteiger partial charge < -0.3 is 9.84 Å². The molecule has 2 rings (SSSR count). The third-order valence-corrected chi connectivity index (χ3v) is 3.89. The van der Waals surface area contributed by atoms with E-state index in [9.17, 15) is 5.11 Å². The number of aliphatic hydroxyl groups excluding tert-OH is 1. The van der Waals surface area contributed by atoms with Gasteiger partial charge in [0.05, 0.1) is 11.7 Å². The Morgan fingerprint density at radius 3 is 2.71 bits per heavy atom. The second kappa shape index (κ2) is 4.25. The van der Waals surface area contributed by atoms with Crippen LogP contribution in [0.2, 0.25) is 0 Å². The molecule has 2 nitrogen and oxygen atoms in total. The van der Waals surface area contributed by atoms with Gasteiger partial charge in [0.1, 0.15) is 6.10 Å². The molecule has 2 aliphatic rings. The van der Waals surface area contributed by atoms with Crippen molar-refractivity contribution >= 4 is 0 Å². The van der Waals surface area contributed by atoms with Crippen LogP contribution < -0.4 is 0 Å². The fourth-order valence-electron chi connectivity index (χ4n) is 2.54. The van der Waals surface area contributed by atoms with Gasteiger partial charge in [0.15, 0.2) is 0 Å². The van der Waals surface area contributed by atoms with Crippen LogP contribution in [0.4, 0.5) is 0 Å². The van der Waals surface area contributed by atoms with Gasteiger partial charge in [0.25, 0.3) is 0 Å². The van der Waals surface area contributed by atoms with E-state index in [4.69, 9.17) is 4.74 Å². The van der Waals surface area contributed by atoms with Gasteiger partial charge in [0.2, 0.25) is 0 Å². The Kier molecular flexibility index (Phi) is 3.21. The Morgan fingerprint density at radius 2 is 2.00 bits per heavy atom. The maximum Gasteiger partial charge on any atom is 0.113 e. The molecule has 0 aromatic rings. The molecule has 1 fully saturated rings. The van der Waals surface area contributed by atoms with Gasteiger partial charge in [-0.2, -0.15) is 0 Å². The summed E-state index contributed by atoms with van der Waals surface area (Å²) in [6.45, 7) is 8.68. The lowest BCUT2D eigenvalue weighted by atomic mass is 9.87. The third-order valence-electron chi connectivity index (χ3n) is 3.89. The summed E-state index contributed by atoms with van der Waals surface area (Å²) in [6, 6.07) is 0. The van der Waals surface area contributed by atoms with E-state index < -0.39 is 0 Å². The summed E-state index contributed by atoms with van der Waals surface area (Å²) in [5.41, 5.74) is 1.31. The van der Waals surface area contributed by atoms with Crippen LogP contribution in [0.1, 0.15) is 47.0 Å². The van der Waals surface area contributed by atoms with Crippen LogP contribution in [0.25, 0.3) is 0 Å². The van der Waals surface area contributed by atoms with Crippen molar-refractivity contribution in [1.29, 1.82) is 0 Å². The van der Waals surface area contributed by atoms with E-state index in [-0.39, 0.29) is 23.2 Å². The number of fused-ring (bicyclic) bond motifs is 1. The molecular formula is C15H24O2. The second-order valence-electron chi connectivity index (χ2n) is 6.47. The van der Waals surface area contributed by atoms with E-state index in [2.05, 4.69) is 45.9 Å². The molecule has 1 N–H and O–H groups in total. The predicted octanol–water partition coefficient (Wildman–Crippen LogP) is 3.22. The first-order chi connectivity index (χ1) is 7.82. The summed E-state index contributed by atoms with van der Waals surface area (Å²) in [5.74, 6) is 0. The van der Waals surface area contributed by atoms with Gasteiger partial charge in [0, 0.05) is 0 Å². The van der Waals surface area contributed by atoms with Crippen LogP contribution in [0.3, 0.4) is 0 Å². The van der Waals surface area contributed by atoms with E-state index in [0.29, 0.717) is 0 Å². The van der Waals surface area contributed by atoms with Crippen molar-refractivity contribution in [2.45, 2.75) is 64.8 Å². The summed E-state index contributed by atoms with van der Waals surface area (Å²) in [5, 5.41) is 10.1. The van der Waals surface area contributed by atoms with Crippen LogP contribution in [0.15, 0.2) is 23.8 Å². The highest BCUT2D eigenvalue weighted by Crippen LogP contribution is 2.43. The molecular weight excluding hydrogens is 212 g/mol. The number of ether oxygens (including phenoxy) is 1. The van der Waals surface area contributed by atoms with Crippen LogP contribution in [0.5, 0.6) is 0 Å². The standard InChI is InChI=1S/C15H24O2/c1-11-6-9-14(2,3)7-5-8-15(4)13(17-15)12(16)10-11/h5-7,12-13,16H,8-10H2,1-4H3/b7-5+,11-6+/t12-,13-,15+/m1/s1. The van der Waals surface area contributed by atoms with Crippen LogP contribution >= 0.6 is 0 Å². The zero-order chi connectivity index (χ0) is 12.7. The number of epoxide rings is 1. The first-order valence-corrected chi connectivity index (χ1v) is 6.52. The molecule has 1 aliphatic heterocycles. The highest BCUT2D eigenvalue weighted by Gasteiger charge is 2.54. The van der Waals surface area contributed by atoms with Crippen LogP contribution in [-0.2, 0) is 4.74 Å². The zero-order valence-corrected chi connectivity index (χ0v) is 11.4. The Hall–Kier alpha value is -0.600. The fraction of sp³-hybridized carbons (Fsp3) is 0.733. The number of hydrogen-bond donors (Lipinski definition) is 1. The molecule has 96 valence electrons. The van der Waals surface area contributed by atoms with Gasteiger partial charge >= 0.3 is 0 Å². The molecule has 1 aliphatic carbocycles. The molecule has 0 spiro atoms. The maximum absolute atomic E-state index is 10.1. The van der Waals surface area contributed by atoms with Crippen LogP contribution in [0, 0.1) is 5.41 Å². The lowest BCUT2D eigenvalue weighted by molar-refractivity contribution is 0.135. The van der Waals surface area contributed by atoms with Crippen molar-refractivity contribution < 1.29 is 9.84 Å². The molecule has 0 bridgehead atoms. The van der Waals surface area contributed by atoms with E-state index in [1.807, 2.05) is 0 Å². The lowest BCUT2D eigenvalue weighted by Crippen LogP contribution is -2.22. The van der Waals surface area contributed by atoms with Crippen LogP contribution in [-0.4, -0.2) is 22.9 Å². The topological polar surface area (TPSA) is 32.8 Å². The average molecular weight is 236 g/mol. The second-order valence-corrected chi connectivity index (χ2v) is 6.47. The van der Waals surface area contributed by atoms with Crippen molar-refractivity contribution in [2.24, 2.45) is 5.41 Å². The zero-order valence-electron chi connectivity index (χ0n) is 11.4. The Labute approximate surface area is 104 Å². The van der Waals surface area contributed by atoms with Crippen molar-refractivity contribution in [3.05, 3.63) is 23.8 Å². The molecule has 0 aromatic carbocycles. The predicted molar refractivity (Wildman–Crippen MR) is 69.8 cm³/mol. The minimum absolute atomic E-state index is 0.0108. The normalized spacial score (nSPS) is 46.1. The summed E-state index contributed by atoms with van der Waals surface area (Å²) in [6.07, 6.45) is 9.05. The van der Waals surface area contributed by atoms with Crippen molar-refractivity contribution in [3.63, 3.8) is 0 Å². The Bertz CT molecular complexity index is 354. The summed E-state index contributed by atoms with van der Waals surface area (Å²) < 4.78 is 5.68. The minimum atomic E-state index is -0.356. The largest absolute Gasteiger partial charge is 0.390 e. The molecule has 0 aromatic heterocycles. The molecule has 17 heavy (non-hydrogen) atoms. The SMILES string of the molecule is C/C1=C\CC(C)(C)/C=C/C[C@]2(C)O[C@@H]2[C@H](O)C1.